The summed E-state index contributed by atoms with van der Waals surface area (Å²) in [5.74, 6) is 0. The van der Waals surface area contributed by atoms with Gasteiger partial charge in [0, 0.05) is 6.42 Å². The Morgan fingerprint density at radius 2 is 2.22 bits per heavy atom. The lowest BCUT2D eigenvalue weighted by Gasteiger charge is -1.94. The lowest BCUT2D eigenvalue weighted by molar-refractivity contribution is -0.523. The van der Waals surface area contributed by atoms with Crippen LogP contribution in [0.4, 0.5) is 0 Å². The van der Waals surface area contributed by atoms with Crippen LogP contribution in [0.3, 0.4) is 0 Å². The fourth-order valence-corrected chi connectivity index (χ4v) is 1.21. The number of nitrogens with zero attached hydrogens (tertiary/aromatic N) is 1. The van der Waals surface area contributed by atoms with Crippen molar-refractivity contribution in [2.75, 3.05) is 7.05 Å². The molecule has 0 radical (unpaired) electrons. The number of hydrogen-bond donors (Lipinski definition) is 0. The van der Waals surface area contributed by atoms with E-state index >= 15 is 0 Å². The summed E-state index contributed by atoms with van der Waals surface area (Å²) in [5, 5.41) is 1.01. The largest absolute Gasteiger partial charge is 1.00 e. The summed E-state index contributed by atoms with van der Waals surface area (Å²) < 4.78 is 2.13. The van der Waals surface area contributed by atoms with Gasteiger partial charge in [0.05, 0.1) is 6.42 Å². The molecule has 0 fully saturated rings. The average molecular weight is 168 g/mol. The first-order valence-electron chi connectivity index (χ1n) is 2.96. The highest BCUT2D eigenvalue weighted by Gasteiger charge is 2.23. The van der Waals surface area contributed by atoms with Gasteiger partial charge < -0.3 is 12.4 Å². The monoisotopic (exact) mass is 167 g/mol. The standard InChI is InChI=1S/C6H11ClN.ClH/c1-5-3-4-6(7)8(5)2;/h5H,3-4H2,1-2H3;1H/q+1;/p-1. The second-order valence-electron chi connectivity index (χ2n) is 2.37. The molecule has 0 N–H and O–H groups in total. The van der Waals surface area contributed by atoms with Crippen LogP contribution in [0.2, 0.25) is 0 Å². The Labute approximate surface area is 67.1 Å². The summed E-state index contributed by atoms with van der Waals surface area (Å²) in [4.78, 5) is 0. The van der Waals surface area contributed by atoms with E-state index in [2.05, 4.69) is 11.5 Å². The van der Waals surface area contributed by atoms with E-state index in [1.807, 2.05) is 7.05 Å². The first-order chi connectivity index (χ1) is 3.72. The third kappa shape index (κ3) is 1.84. The zero-order valence-electron chi connectivity index (χ0n) is 5.69. The quantitative estimate of drug-likeness (QED) is 0.385. The molecule has 54 valence electrons. The van der Waals surface area contributed by atoms with Crippen molar-refractivity contribution < 1.29 is 17.0 Å². The summed E-state index contributed by atoms with van der Waals surface area (Å²) >= 11 is 5.80. The Morgan fingerprint density at radius 3 is 2.33 bits per heavy atom. The maximum absolute atomic E-state index is 5.80. The Balaban J connectivity index is 0.000000640. The number of hydrogen-bond acceptors (Lipinski definition) is 0. The minimum Gasteiger partial charge on any atom is -1.00 e. The molecule has 0 aromatic heterocycles. The zero-order chi connectivity index (χ0) is 6.15. The van der Waals surface area contributed by atoms with E-state index in [1.54, 1.807) is 0 Å². The van der Waals surface area contributed by atoms with Gasteiger partial charge in [-0.3, -0.25) is 0 Å². The Hall–Kier alpha value is 0.250. The van der Waals surface area contributed by atoms with E-state index in [4.69, 9.17) is 11.6 Å². The molecule has 0 bridgehead atoms. The van der Waals surface area contributed by atoms with Crippen molar-refractivity contribution in [3.8, 4) is 0 Å². The maximum atomic E-state index is 5.80. The van der Waals surface area contributed by atoms with E-state index in [0.717, 1.165) is 11.6 Å². The van der Waals surface area contributed by atoms with Crippen molar-refractivity contribution in [2.24, 2.45) is 0 Å². The Kier molecular flexibility index (Phi) is 3.52. The first-order valence-corrected chi connectivity index (χ1v) is 3.34. The summed E-state index contributed by atoms with van der Waals surface area (Å²) in [5.41, 5.74) is 0. The minimum absolute atomic E-state index is 0. The summed E-state index contributed by atoms with van der Waals surface area (Å²) in [6.45, 7) is 2.19. The lowest BCUT2D eigenvalue weighted by Crippen LogP contribution is -3.00. The van der Waals surface area contributed by atoms with Crippen LogP contribution in [0, 0.1) is 0 Å². The zero-order valence-corrected chi connectivity index (χ0v) is 7.21. The van der Waals surface area contributed by atoms with Gasteiger partial charge in [0.25, 0.3) is 0 Å². The van der Waals surface area contributed by atoms with Crippen LogP contribution in [0.5, 0.6) is 0 Å². The van der Waals surface area contributed by atoms with Crippen molar-refractivity contribution in [1.29, 1.82) is 0 Å². The van der Waals surface area contributed by atoms with Gasteiger partial charge in [0.2, 0.25) is 5.17 Å². The summed E-state index contributed by atoms with van der Waals surface area (Å²) in [7, 11) is 2.04. The highest BCUT2D eigenvalue weighted by molar-refractivity contribution is 6.64. The molecule has 1 heterocycles. The van der Waals surface area contributed by atoms with Crippen molar-refractivity contribution >= 4 is 16.8 Å². The van der Waals surface area contributed by atoms with Crippen LogP contribution in [-0.4, -0.2) is 22.8 Å². The molecule has 0 aromatic rings. The molecular formula is C6H11Cl2N. The molecule has 1 atom stereocenters. The van der Waals surface area contributed by atoms with Gasteiger partial charge in [-0.15, -0.1) is 0 Å². The number of halogens is 2. The second kappa shape index (κ2) is 3.43. The normalized spacial score (nSPS) is 26.3. The van der Waals surface area contributed by atoms with Gasteiger partial charge in [-0.1, -0.05) is 0 Å². The van der Waals surface area contributed by atoms with Crippen molar-refractivity contribution in [2.45, 2.75) is 25.8 Å². The highest BCUT2D eigenvalue weighted by atomic mass is 35.5. The van der Waals surface area contributed by atoms with Crippen molar-refractivity contribution in [1.82, 2.24) is 0 Å². The predicted octanol–water partition coefficient (Wildman–Crippen LogP) is -1.55. The van der Waals surface area contributed by atoms with Crippen LogP contribution in [0.15, 0.2) is 0 Å². The third-order valence-electron chi connectivity index (χ3n) is 1.81. The van der Waals surface area contributed by atoms with E-state index in [0.29, 0.717) is 6.04 Å². The average Bonchev–Trinajstić information content (AvgIpc) is 1.98. The van der Waals surface area contributed by atoms with Crippen LogP contribution < -0.4 is 12.4 Å². The van der Waals surface area contributed by atoms with Gasteiger partial charge in [-0.2, -0.15) is 0 Å². The molecule has 0 aromatic carbocycles. The van der Waals surface area contributed by atoms with Gasteiger partial charge in [0.15, 0.2) is 6.04 Å². The molecule has 0 aliphatic carbocycles. The molecule has 1 nitrogen and oxygen atoms in total. The van der Waals surface area contributed by atoms with Crippen molar-refractivity contribution in [3.63, 3.8) is 0 Å². The molecule has 0 spiro atoms. The van der Waals surface area contributed by atoms with E-state index in [1.165, 1.54) is 6.42 Å². The second-order valence-corrected chi connectivity index (χ2v) is 2.81. The third-order valence-corrected chi connectivity index (χ3v) is 2.27. The van der Waals surface area contributed by atoms with Crippen LogP contribution in [0.1, 0.15) is 19.8 Å². The molecular weight excluding hydrogens is 157 g/mol. The molecule has 0 saturated heterocycles. The highest BCUT2D eigenvalue weighted by Crippen LogP contribution is 2.12. The lowest BCUT2D eigenvalue weighted by atomic mass is 10.2. The van der Waals surface area contributed by atoms with Gasteiger partial charge in [0.1, 0.15) is 7.05 Å². The van der Waals surface area contributed by atoms with E-state index in [-0.39, 0.29) is 12.4 Å². The molecule has 0 saturated carbocycles. The Bertz CT molecular complexity index is 131. The smallest absolute Gasteiger partial charge is 0.245 e. The maximum Gasteiger partial charge on any atom is 0.245 e. The summed E-state index contributed by atoms with van der Waals surface area (Å²) in [6, 6.07) is 0.655. The fourth-order valence-electron chi connectivity index (χ4n) is 0.937. The van der Waals surface area contributed by atoms with Gasteiger partial charge in [-0.25, -0.2) is 4.58 Å². The van der Waals surface area contributed by atoms with Crippen LogP contribution in [0.25, 0.3) is 0 Å². The van der Waals surface area contributed by atoms with E-state index in [9.17, 15) is 0 Å². The predicted molar refractivity (Wildman–Crippen MR) is 35.7 cm³/mol. The van der Waals surface area contributed by atoms with Crippen LogP contribution in [-0.2, 0) is 0 Å². The molecule has 3 heteroatoms. The molecule has 1 rings (SSSR count). The molecule has 0 amide bonds. The fraction of sp³-hybridized carbons (Fsp3) is 0.833. The van der Waals surface area contributed by atoms with Crippen molar-refractivity contribution in [3.05, 3.63) is 0 Å². The SMILES string of the molecule is CC1CCC(Cl)=[N+]1C.[Cl-]. The van der Waals surface area contributed by atoms with Gasteiger partial charge >= 0.3 is 0 Å². The van der Waals surface area contributed by atoms with Gasteiger partial charge in [-0.05, 0) is 18.5 Å². The molecule has 1 unspecified atom stereocenters. The molecule has 1 aliphatic rings. The molecule has 9 heavy (non-hydrogen) atoms. The first kappa shape index (κ1) is 9.25. The number of rotatable bonds is 0. The van der Waals surface area contributed by atoms with E-state index < -0.39 is 0 Å². The van der Waals surface area contributed by atoms with Crippen LogP contribution >= 0.6 is 11.6 Å². The molecule has 1 aliphatic heterocycles. The Morgan fingerprint density at radius 1 is 1.67 bits per heavy atom. The summed E-state index contributed by atoms with van der Waals surface area (Å²) in [6.07, 6.45) is 2.29. The topological polar surface area (TPSA) is 3.01 Å². The minimum atomic E-state index is 0.